The Morgan fingerprint density at radius 3 is 2.82 bits per heavy atom. The van der Waals surface area contributed by atoms with Crippen molar-refractivity contribution in [3.05, 3.63) is 24.6 Å². The summed E-state index contributed by atoms with van der Waals surface area (Å²) in [4.78, 5) is 15.7. The molecule has 0 saturated carbocycles. The van der Waals surface area contributed by atoms with Crippen molar-refractivity contribution in [1.29, 1.82) is 0 Å². The van der Waals surface area contributed by atoms with Crippen molar-refractivity contribution >= 4 is 22.8 Å². The quantitative estimate of drug-likeness (QED) is 0.795. The van der Waals surface area contributed by atoms with Gasteiger partial charge in [0, 0.05) is 11.2 Å². The molecule has 0 saturated heterocycles. The Balaban J connectivity index is 2.10. The number of carbonyl (C=O) groups excluding carboxylic acids is 1. The summed E-state index contributed by atoms with van der Waals surface area (Å²) in [6.07, 6.45) is 1.38. The summed E-state index contributed by atoms with van der Waals surface area (Å²) in [6, 6.07) is 5.08. The molecule has 0 aliphatic heterocycles. The lowest BCUT2D eigenvalue weighted by atomic mass is 10.1. The van der Waals surface area contributed by atoms with E-state index in [1.165, 1.54) is 6.39 Å². The normalized spacial score (nSPS) is 11.5. The maximum Gasteiger partial charge on any atom is 0.319 e. The number of hydrogen-bond acceptors (Lipinski definition) is 3. The average Bonchev–Trinajstić information content (AvgIpc) is 2.61. The van der Waals surface area contributed by atoms with Crippen molar-refractivity contribution in [2.24, 2.45) is 0 Å². The molecular weight excluding hydrogens is 218 g/mol. The van der Waals surface area contributed by atoms with Gasteiger partial charge in [0.2, 0.25) is 0 Å². The molecule has 1 aromatic heterocycles. The van der Waals surface area contributed by atoms with E-state index in [0.29, 0.717) is 11.3 Å². The molecule has 0 bridgehead atoms. The van der Waals surface area contributed by atoms with Crippen molar-refractivity contribution in [2.45, 2.75) is 26.3 Å². The monoisotopic (exact) mass is 233 g/mol. The molecule has 0 fully saturated rings. The van der Waals surface area contributed by atoms with Gasteiger partial charge in [-0.05, 0) is 39.0 Å². The van der Waals surface area contributed by atoms with Crippen molar-refractivity contribution < 1.29 is 9.21 Å². The van der Waals surface area contributed by atoms with Crippen molar-refractivity contribution in [1.82, 2.24) is 10.3 Å². The standard InChI is InChI=1S/C12H15N3O2/c1-12(2,3)15-11(16)14-8-4-5-10-9(6-8)13-7-17-10/h4-7H,1-3H3,(H2,14,15,16). The third-order valence-electron chi connectivity index (χ3n) is 2.08. The van der Waals surface area contributed by atoms with Crippen LogP contribution in [0.4, 0.5) is 10.5 Å². The highest BCUT2D eigenvalue weighted by atomic mass is 16.3. The number of oxazole rings is 1. The topological polar surface area (TPSA) is 67.2 Å². The van der Waals surface area contributed by atoms with E-state index in [4.69, 9.17) is 4.42 Å². The Bertz CT molecular complexity index is 540. The van der Waals surface area contributed by atoms with E-state index in [-0.39, 0.29) is 11.6 Å². The molecule has 5 heteroatoms. The van der Waals surface area contributed by atoms with Crippen LogP contribution in [0.15, 0.2) is 29.0 Å². The van der Waals surface area contributed by atoms with Gasteiger partial charge in [-0.2, -0.15) is 0 Å². The summed E-state index contributed by atoms with van der Waals surface area (Å²) >= 11 is 0. The third kappa shape index (κ3) is 2.96. The number of benzene rings is 1. The van der Waals surface area contributed by atoms with Crippen molar-refractivity contribution in [3.63, 3.8) is 0 Å². The van der Waals surface area contributed by atoms with Crippen LogP contribution in [0.25, 0.3) is 11.1 Å². The first-order valence-corrected chi connectivity index (χ1v) is 5.36. The van der Waals surface area contributed by atoms with E-state index in [0.717, 1.165) is 5.52 Å². The van der Waals surface area contributed by atoms with Crippen molar-refractivity contribution in [2.75, 3.05) is 5.32 Å². The molecule has 2 N–H and O–H groups in total. The van der Waals surface area contributed by atoms with Gasteiger partial charge in [0.05, 0.1) is 0 Å². The predicted molar refractivity (Wildman–Crippen MR) is 65.9 cm³/mol. The van der Waals surface area contributed by atoms with Crippen LogP contribution < -0.4 is 10.6 Å². The van der Waals surface area contributed by atoms with E-state index in [1.807, 2.05) is 20.8 Å². The van der Waals surface area contributed by atoms with E-state index in [2.05, 4.69) is 15.6 Å². The number of nitrogens with one attached hydrogen (secondary N) is 2. The molecule has 0 aliphatic carbocycles. The maximum absolute atomic E-state index is 11.6. The fraction of sp³-hybridized carbons (Fsp3) is 0.333. The first-order valence-electron chi connectivity index (χ1n) is 5.36. The zero-order chi connectivity index (χ0) is 12.5. The van der Waals surface area contributed by atoms with Gasteiger partial charge in [-0.25, -0.2) is 9.78 Å². The second-order valence-corrected chi connectivity index (χ2v) is 4.86. The number of fused-ring (bicyclic) bond motifs is 1. The molecule has 2 rings (SSSR count). The number of aromatic nitrogens is 1. The minimum Gasteiger partial charge on any atom is -0.443 e. The summed E-state index contributed by atoms with van der Waals surface area (Å²) in [5, 5.41) is 5.56. The summed E-state index contributed by atoms with van der Waals surface area (Å²) < 4.78 is 5.12. The summed E-state index contributed by atoms with van der Waals surface area (Å²) in [5.41, 5.74) is 1.85. The Labute approximate surface area is 99.2 Å². The number of nitrogens with zero attached hydrogens (tertiary/aromatic N) is 1. The van der Waals surface area contributed by atoms with E-state index < -0.39 is 0 Å². The van der Waals surface area contributed by atoms with Gasteiger partial charge in [-0.1, -0.05) is 0 Å². The molecule has 17 heavy (non-hydrogen) atoms. The minimum atomic E-state index is -0.262. The van der Waals surface area contributed by atoms with Crippen LogP contribution in [0, 0.1) is 0 Å². The highest BCUT2D eigenvalue weighted by molar-refractivity contribution is 5.91. The van der Waals surface area contributed by atoms with Crippen LogP contribution >= 0.6 is 0 Å². The zero-order valence-electron chi connectivity index (χ0n) is 10.1. The molecule has 0 aliphatic rings. The van der Waals surface area contributed by atoms with Crippen LogP contribution in [0.5, 0.6) is 0 Å². The lowest BCUT2D eigenvalue weighted by Crippen LogP contribution is -2.43. The third-order valence-corrected chi connectivity index (χ3v) is 2.08. The fourth-order valence-electron chi connectivity index (χ4n) is 1.44. The predicted octanol–water partition coefficient (Wildman–Crippen LogP) is 2.75. The Morgan fingerprint density at radius 1 is 1.35 bits per heavy atom. The highest BCUT2D eigenvalue weighted by Gasteiger charge is 2.13. The summed E-state index contributed by atoms with van der Waals surface area (Å²) in [7, 11) is 0. The minimum absolute atomic E-state index is 0.236. The second kappa shape index (κ2) is 4.08. The van der Waals surface area contributed by atoms with E-state index in [9.17, 15) is 4.79 Å². The van der Waals surface area contributed by atoms with Crippen LogP contribution in [-0.4, -0.2) is 16.6 Å². The molecule has 90 valence electrons. The zero-order valence-corrected chi connectivity index (χ0v) is 10.1. The first kappa shape index (κ1) is 11.4. The van der Waals surface area contributed by atoms with Crippen LogP contribution in [0.2, 0.25) is 0 Å². The van der Waals surface area contributed by atoms with Gasteiger partial charge in [0.25, 0.3) is 0 Å². The number of anilines is 1. The molecule has 2 aromatic rings. The molecule has 1 heterocycles. The van der Waals surface area contributed by atoms with Gasteiger partial charge < -0.3 is 15.1 Å². The molecule has 1 aromatic carbocycles. The Hall–Kier alpha value is -2.04. The first-order chi connectivity index (χ1) is 7.94. The SMILES string of the molecule is CC(C)(C)NC(=O)Nc1ccc2ocnc2c1. The lowest BCUT2D eigenvalue weighted by molar-refractivity contribution is 0.244. The second-order valence-electron chi connectivity index (χ2n) is 4.86. The number of hydrogen-bond donors (Lipinski definition) is 2. The highest BCUT2D eigenvalue weighted by Crippen LogP contribution is 2.17. The largest absolute Gasteiger partial charge is 0.443 e. The average molecular weight is 233 g/mol. The number of amides is 2. The van der Waals surface area contributed by atoms with Gasteiger partial charge >= 0.3 is 6.03 Å². The van der Waals surface area contributed by atoms with E-state index >= 15 is 0 Å². The van der Waals surface area contributed by atoms with Crippen LogP contribution in [0.3, 0.4) is 0 Å². The Kier molecular flexibility index (Phi) is 2.75. The summed E-state index contributed by atoms with van der Waals surface area (Å²) in [5.74, 6) is 0. The lowest BCUT2D eigenvalue weighted by Gasteiger charge is -2.20. The number of carbonyl (C=O) groups is 1. The molecule has 5 nitrogen and oxygen atoms in total. The summed E-state index contributed by atoms with van der Waals surface area (Å²) in [6.45, 7) is 5.77. The van der Waals surface area contributed by atoms with Gasteiger partial charge in [-0.3, -0.25) is 0 Å². The van der Waals surface area contributed by atoms with Gasteiger partial charge in [-0.15, -0.1) is 0 Å². The maximum atomic E-state index is 11.6. The van der Waals surface area contributed by atoms with Crippen LogP contribution in [-0.2, 0) is 0 Å². The molecule has 2 amide bonds. The molecule has 0 unspecified atom stereocenters. The number of urea groups is 1. The number of rotatable bonds is 1. The molecule has 0 radical (unpaired) electrons. The van der Waals surface area contributed by atoms with Crippen LogP contribution in [0.1, 0.15) is 20.8 Å². The molecule has 0 atom stereocenters. The molecule has 0 spiro atoms. The molecular formula is C12H15N3O2. The van der Waals surface area contributed by atoms with Gasteiger partial charge in [0.1, 0.15) is 5.52 Å². The van der Waals surface area contributed by atoms with Crippen molar-refractivity contribution in [3.8, 4) is 0 Å². The fourth-order valence-corrected chi connectivity index (χ4v) is 1.44. The van der Waals surface area contributed by atoms with E-state index in [1.54, 1.807) is 18.2 Å². The Morgan fingerprint density at radius 2 is 2.12 bits per heavy atom. The van der Waals surface area contributed by atoms with Gasteiger partial charge in [0.15, 0.2) is 12.0 Å². The smallest absolute Gasteiger partial charge is 0.319 e.